The second-order valence-corrected chi connectivity index (χ2v) is 15.8. The fourth-order valence-corrected chi connectivity index (χ4v) is 7.60. The monoisotopic (exact) mass is 810 g/mol. The highest BCUT2D eigenvalue weighted by Crippen LogP contribution is 2.36. The largest absolute Gasteiger partial charge is 0.325 e. The van der Waals surface area contributed by atoms with Crippen LogP contribution in [0.4, 0.5) is 23.3 Å². The number of hydrogen-bond acceptors (Lipinski definition) is 12. The molecule has 2 aromatic carbocycles. The van der Waals surface area contributed by atoms with Gasteiger partial charge in [0.05, 0.1) is 69.7 Å². The molecule has 0 spiro atoms. The molecule has 10 rings (SSSR count). The predicted molar refractivity (Wildman–Crippen MR) is 232 cm³/mol. The van der Waals surface area contributed by atoms with Crippen LogP contribution in [0.5, 0.6) is 0 Å². The van der Waals surface area contributed by atoms with Gasteiger partial charge in [-0.1, -0.05) is 84.9 Å². The summed E-state index contributed by atoms with van der Waals surface area (Å²) in [5.74, 6) is 2.90. The van der Waals surface area contributed by atoms with E-state index in [1.165, 1.54) is 0 Å². The maximum absolute atomic E-state index is 5.22. The quantitative estimate of drug-likeness (QED) is 0.153. The van der Waals surface area contributed by atoms with Crippen molar-refractivity contribution in [2.24, 2.45) is 28.2 Å². The lowest BCUT2D eigenvalue weighted by atomic mass is 9.89. The Morgan fingerprint density at radius 3 is 1.89 bits per heavy atom. The van der Waals surface area contributed by atoms with E-state index in [4.69, 9.17) is 30.5 Å². The van der Waals surface area contributed by atoms with E-state index < -0.39 is 5.41 Å². The highest BCUT2D eigenvalue weighted by Gasteiger charge is 2.32. The molecule has 0 aliphatic carbocycles. The molecule has 1 N–H and O–H groups in total. The summed E-state index contributed by atoms with van der Waals surface area (Å²) < 4.78 is 10.8. The number of anilines is 4. The minimum Gasteiger partial charge on any atom is -0.325 e. The van der Waals surface area contributed by atoms with Gasteiger partial charge in [0.1, 0.15) is 23.3 Å². The molecule has 0 saturated carbocycles. The molecule has 0 aliphatic rings. The van der Waals surface area contributed by atoms with Crippen molar-refractivity contribution in [1.82, 2.24) is 79.1 Å². The van der Waals surface area contributed by atoms with Gasteiger partial charge in [-0.25, -0.2) is 19.3 Å². The second-order valence-electron chi connectivity index (χ2n) is 15.8. The molecule has 0 aliphatic heterocycles. The second kappa shape index (κ2) is 14.4. The fraction of sp³-hybridized carbons (Fsp3) is 0.209. The van der Waals surface area contributed by atoms with Crippen LogP contribution in [-0.4, -0.2) is 85.6 Å². The van der Waals surface area contributed by atoms with E-state index in [0.717, 1.165) is 67.7 Å². The van der Waals surface area contributed by atoms with Gasteiger partial charge in [-0.2, -0.15) is 20.4 Å². The number of nitrogens with zero attached hydrogens (tertiary/aromatic N) is 17. The maximum atomic E-state index is 5.22. The van der Waals surface area contributed by atoms with E-state index in [0.29, 0.717) is 29.5 Å². The molecule has 304 valence electrons. The first-order valence-corrected chi connectivity index (χ1v) is 19.7. The van der Waals surface area contributed by atoms with Crippen molar-refractivity contribution >= 4 is 45.3 Å². The third kappa shape index (κ3) is 6.72. The van der Waals surface area contributed by atoms with E-state index in [2.05, 4.69) is 62.8 Å². The van der Waals surface area contributed by atoms with Crippen LogP contribution >= 0.6 is 0 Å². The zero-order chi connectivity index (χ0) is 42.0. The van der Waals surface area contributed by atoms with Crippen molar-refractivity contribution < 1.29 is 0 Å². The highest BCUT2D eigenvalue weighted by atomic mass is 15.4. The standard InChI is InChI=1S/C43H42N18/c1-27-24-60(53-49-27)35-21-39(48-42-31(35)23-45-58(42)7)59(40-19-33(52-56(40)5)29-16-12-9-13-17-29)26-43(2,3)36-25-61(54-50-36)34-20-37(47-41-30(34)22-44-57(41)6)46-38-18-32(51-55(38)4)28-14-10-8-11-15-28/h8-25H,26H2,1-7H3,(H,46,47). The highest BCUT2D eigenvalue weighted by molar-refractivity contribution is 5.88. The van der Waals surface area contributed by atoms with Gasteiger partial charge in [0, 0.05) is 75.5 Å². The molecule has 18 nitrogen and oxygen atoms in total. The smallest absolute Gasteiger partial charge is 0.162 e. The van der Waals surface area contributed by atoms with Gasteiger partial charge in [0.15, 0.2) is 11.3 Å². The van der Waals surface area contributed by atoms with Crippen LogP contribution < -0.4 is 10.2 Å². The lowest BCUT2D eigenvalue weighted by Crippen LogP contribution is -2.36. The van der Waals surface area contributed by atoms with Crippen molar-refractivity contribution in [3.05, 3.63) is 121 Å². The summed E-state index contributed by atoms with van der Waals surface area (Å²) >= 11 is 0. The number of rotatable bonds is 11. The van der Waals surface area contributed by atoms with Crippen molar-refractivity contribution in [2.75, 3.05) is 16.8 Å². The Bertz CT molecular complexity index is 3200. The number of aromatic nitrogens is 16. The molecule has 61 heavy (non-hydrogen) atoms. The number of benzene rings is 2. The van der Waals surface area contributed by atoms with E-state index in [-0.39, 0.29) is 0 Å². The number of nitrogens with one attached hydrogen (secondary N) is 1. The molecular weight excluding hydrogens is 769 g/mol. The van der Waals surface area contributed by atoms with Gasteiger partial charge in [-0.05, 0) is 6.92 Å². The van der Waals surface area contributed by atoms with Crippen LogP contribution in [0.2, 0.25) is 0 Å². The Labute approximate surface area is 349 Å². The summed E-state index contributed by atoms with van der Waals surface area (Å²) in [6.45, 7) is 6.67. The third-order valence-electron chi connectivity index (χ3n) is 10.9. The molecule has 10 aromatic rings. The molecule has 8 aromatic heterocycles. The zero-order valence-electron chi connectivity index (χ0n) is 34.7. The summed E-state index contributed by atoms with van der Waals surface area (Å²) in [6, 6.07) is 28.3. The van der Waals surface area contributed by atoms with Crippen molar-refractivity contribution in [3.8, 4) is 33.9 Å². The molecule has 18 heteroatoms. The molecule has 0 atom stereocenters. The van der Waals surface area contributed by atoms with E-state index >= 15 is 0 Å². The lowest BCUT2D eigenvalue weighted by molar-refractivity contribution is 0.508. The molecule has 0 radical (unpaired) electrons. The normalized spacial score (nSPS) is 11.9. The average Bonchev–Trinajstić information content (AvgIpc) is 4.14. The summed E-state index contributed by atoms with van der Waals surface area (Å²) in [6.07, 6.45) is 7.48. The van der Waals surface area contributed by atoms with Gasteiger partial charge < -0.3 is 10.2 Å². The average molecular weight is 811 g/mol. The van der Waals surface area contributed by atoms with E-state index in [1.807, 2.05) is 119 Å². The molecule has 0 saturated heterocycles. The van der Waals surface area contributed by atoms with Crippen molar-refractivity contribution in [3.63, 3.8) is 0 Å². The topological polar surface area (TPSA) is 174 Å². The first-order chi connectivity index (χ1) is 29.5. The van der Waals surface area contributed by atoms with Crippen molar-refractivity contribution in [2.45, 2.75) is 26.2 Å². The Morgan fingerprint density at radius 1 is 0.639 bits per heavy atom. The minimum absolute atomic E-state index is 0.446. The number of pyridine rings is 2. The predicted octanol–water partition coefficient (Wildman–Crippen LogP) is 6.38. The van der Waals surface area contributed by atoms with Crippen LogP contribution in [0.15, 0.2) is 110 Å². The molecule has 0 bridgehead atoms. The van der Waals surface area contributed by atoms with Gasteiger partial charge in [-0.15, -0.1) is 10.2 Å². The van der Waals surface area contributed by atoms with E-state index in [9.17, 15) is 0 Å². The minimum atomic E-state index is -0.590. The summed E-state index contributed by atoms with van der Waals surface area (Å²) in [5.41, 5.74) is 7.66. The number of fused-ring (bicyclic) bond motifs is 2. The van der Waals surface area contributed by atoms with E-state index in [1.54, 1.807) is 35.8 Å². The van der Waals surface area contributed by atoms with Crippen LogP contribution in [0.25, 0.3) is 56.0 Å². The third-order valence-corrected chi connectivity index (χ3v) is 10.9. The fourth-order valence-electron chi connectivity index (χ4n) is 7.60. The summed E-state index contributed by atoms with van der Waals surface area (Å²) in [4.78, 5) is 12.3. The van der Waals surface area contributed by atoms with Gasteiger partial charge in [0.25, 0.3) is 0 Å². The van der Waals surface area contributed by atoms with Crippen molar-refractivity contribution in [1.29, 1.82) is 0 Å². The maximum Gasteiger partial charge on any atom is 0.162 e. The Kier molecular flexibility index (Phi) is 8.77. The Hall–Kier alpha value is -8.02. The lowest BCUT2D eigenvalue weighted by Gasteiger charge is -2.32. The SMILES string of the molecule is Cc1cn(-c2cc(N(CC(C)(C)c3cn(-c4cc(Nc5cc(-c6ccccc6)nn5C)nc5c4cnn5C)nn3)c3cc(-c4ccccc4)nn3C)nc3c2cnn3C)nn1. The Morgan fingerprint density at radius 2 is 1.23 bits per heavy atom. The zero-order valence-corrected chi connectivity index (χ0v) is 34.7. The molecule has 0 amide bonds. The number of aryl methyl sites for hydroxylation is 5. The molecule has 0 fully saturated rings. The van der Waals surface area contributed by atoms with Crippen LogP contribution in [-0.2, 0) is 33.6 Å². The number of hydrogen-bond donors (Lipinski definition) is 1. The molecular formula is C43H42N18. The summed E-state index contributed by atoms with van der Waals surface area (Å²) in [7, 11) is 7.61. The van der Waals surface area contributed by atoms with Gasteiger partial charge in [0.2, 0.25) is 0 Å². The first kappa shape index (κ1) is 37.3. The Balaban J connectivity index is 1.04. The van der Waals surface area contributed by atoms with Crippen LogP contribution in [0.3, 0.4) is 0 Å². The molecule has 8 heterocycles. The first-order valence-electron chi connectivity index (χ1n) is 19.7. The van der Waals surface area contributed by atoms with Gasteiger partial charge >= 0.3 is 0 Å². The molecule has 0 unspecified atom stereocenters. The summed E-state index contributed by atoms with van der Waals surface area (Å²) in [5, 5.41) is 42.2. The van der Waals surface area contributed by atoms with Crippen LogP contribution in [0, 0.1) is 6.92 Å². The van der Waals surface area contributed by atoms with Gasteiger partial charge in [-0.3, -0.25) is 18.7 Å². The van der Waals surface area contributed by atoms with Crippen LogP contribution in [0.1, 0.15) is 25.2 Å².